The highest BCUT2D eigenvalue weighted by Gasteiger charge is 2.05. The monoisotopic (exact) mass is 475 g/mol. The van der Waals surface area contributed by atoms with E-state index in [1.165, 1.54) is 0 Å². The second kappa shape index (κ2) is 13.4. The van der Waals surface area contributed by atoms with Crippen molar-refractivity contribution in [2.75, 3.05) is 40.8 Å². The van der Waals surface area contributed by atoms with Crippen molar-refractivity contribution in [2.24, 2.45) is 4.99 Å². The highest BCUT2D eigenvalue weighted by molar-refractivity contribution is 14.0. The Kier molecular flexibility index (Phi) is 12.4. The van der Waals surface area contributed by atoms with Gasteiger partial charge in [-0.25, -0.2) is 0 Å². The number of nitrogens with zero attached hydrogens (tertiary/aromatic N) is 2. The first-order valence-electron chi connectivity index (χ1n) is 8.51. The predicted molar refractivity (Wildman–Crippen MR) is 116 cm³/mol. The van der Waals surface area contributed by atoms with Gasteiger partial charge in [-0.1, -0.05) is 12.1 Å². The van der Waals surface area contributed by atoms with Gasteiger partial charge in [0.25, 0.3) is 5.91 Å². The number of carbonyl (C=O) groups is 2. The molecule has 0 bridgehead atoms. The van der Waals surface area contributed by atoms with Crippen molar-refractivity contribution in [3.8, 4) is 0 Å². The maximum absolute atomic E-state index is 11.7. The van der Waals surface area contributed by atoms with Crippen molar-refractivity contribution in [1.29, 1.82) is 0 Å². The minimum atomic E-state index is -0.0877. The van der Waals surface area contributed by atoms with Crippen molar-refractivity contribution in [1.82, 2.24) is 20.9 Å². The third-order valence-corrected chi connectivity index (χ3v) is 3.56. The quantitative estimate of drug-likeness (QED) is 0.300. The van der Waals surface area contributed by atoms with Gasteiger partial charge in [-0.2, -0.15) is 0 Å². The fraction of sp³-hybridized carbons (Fsp3) is 0.500. The fourth-order valence-electron chi connectivity index (χ4n) is 2.17. The molecule has 0 spiro atoms. The molecule has 0 unspecified atom stereocenters. The van der Waals surface area contributed by atoms with Gasteiger partial charge >= 0.3 is 0 Å². The topological polar surface area (TPSA) is 85.8 Å². The van der Waals surface area contributed by atoms with E-state index in [0.717, 1.165) is 18.5 Å². The minimum Gasteiger partial charge on any atom is -0.357 e. The van der Waals surface area contributed by atoms with Gasteiger partial charge in [-0.15, -0.1) is 24.0 Å². The Morgan fingerprint density at radius 3 is 2.54 bits per heavy atom. The van der Waals surface area contributed by atoms with Crippen LogP contribution in [0.5, 0.6) is 0 Å². The van der Waals surface area contributed by atoms with E-state index in [-0.39, 0.29) is 35.8 Å². The van der Waals surface area contributed by atoms with E-state index in [1.807, 2.05) is 25.1 Å². The van der Waals surface area contributed by atoms with E-state index >= 15 is 0 Å². The Balaban J connectivity index is 0.00000625. The summed E-state index contributed by atoms with van der Waals surface area (Å²) in [5.41, 5.74) is 1.73. The molecule has 0 fully saturated rings. The number of benzene rings is 1. The molecule has 1 aromatic carbocycles. The molecule has 8 heteroatoms. The zero-order chi connectivity index (χ0) is 18.7. The Morgan fingerprint density at radius 2 is 1.92 bits per heavy atom. The van der Waals surface area contributed by atoms with E-state index in [2.05, 4.69) is 20.9 Å². The maximum Gasteiger partial charge on any atom is 0.251 e. The molecule has 0 aromatic heterocycles. The Hall–Kier alpha value is -1.84. The van der Waals surface area contributed by atoms with Gasteiger partial charge in [0.15, 0.2) is 5.96 Å². The third kappa shape index (κ3) is 9.02. The van der Waals surface area contributed by atoms with Crippen LogP contribution >= 0.6 is 24.0 Å². The molecule has 1 rings (SSSR count). The number of guanidine groups is 1. The smallest absolute Gasteiger partial charge is 0.251 e. The molecule has 0 radical (unpaired) electrons. The van der Waals surface area contributed by atoms with E-state index in [0.29, 0.717) is 31.0 Å². The first-order valence-corrected chi connectivity index (χ1v) is 8.51. The molecule has 0 aliphatic heterocycles. The van der Waals surface area contributed by atoms with E-state index in [9.17, 15) is 9.59 Å². The summed E-state index contributed by atoms with van der Waals surface area (Å²) in [6, 6.07) is 7.56. The van der Waals surface area contributed by atoms with E-state index < -0.39 is 0 Å². The van der Waals surface area contributed by atoms with Gasteiger partial charge in [-0.05, 0) is 31.0 Å². The van der Waals surface area contributed by atoms with E-state index in [4.69, 9.17) is 0 Å². The Morgan fingerprint density at radius 1 is 1.19 bits per heavy atom. The van der Waals surface area contributed by atoms with Crippen molar-refractivity contribution in [2.45, 2.75) is 19.8 Å². The number of amides is 2. The largest absolute Gasteiger partial charge is 0.357 e. The standard InChI is InChI=1S/C18H29N5O2.HI/c1-5-20-18(22-12-10-16(24)23(3)4)21-11-9-14-7-6-8-15(13-14)17(25)19-2;/h6-8,13H,5,9-12H2,1-4H3,(H,19,25)(H2,20,21,22);1H. The van der Waals surface area contributed by atoms with Gasteiger partial charge < -0.3 is 20.9 Å². The highest BCUT2D eigenvalue weighted by Crippen LogP contribution is 2.05. The SMILES string of the molecule is CCNC(=NCCC(=O)N(C)C)NCCc1cccc(C(=O)NC)c1.I. The van der Waals surface area contributed by atoms with E-state index in [1.54, 1.807) is 32.1 Å². The van der Waals surface area contributed by atoms with Crippen LogP contribution in [0.1, 0.15) is 29.3 Å². The van der Waals surface area contributed by atoms with Crippen LogP contribution in [0.3, 0.4) is 0 Å². The number of carbonyl (C=O) groups excluding carboxylic acids is 2. The number of nitrogens with one attached hydrogen (secondary N) is 3. The van der Waals surface area contributed by atoms with Crippen LogP contribution in [-0.2, 0) is 11.2 Å². The molecule has 2 amide bonds. The lowest BCUT2D eigenvalue weighted by Crippen LogP contribution is -2.38. The Bertz CT molecular complexity index is 605. The average Bonchev–Trinajstić information content (AvgIpc) is 2.61. The maximum atomic E-state index is 11.7. The molecule has 1 aromatic rings. The highest BCUT2D eigenvalue weighted by atomic mass is 127. The molecule has 146 valence electrons. The summed E-state index contributed by atoms with van der Waals surface area (Å²) in [6.45, 7) is 3.87. The molecular weight excluding hydrogens is 445 g/mol. The van der Waals surface area contributed by atoms with Gasteiger partial charge in [0.05, 0.1) is 6.54 Å². The van der Waals surface area contributed by atoms with Crippen molar-refractivity contribution in [3.63, 3.8) is 0 Å². The number of halogens is 1. The lowest BCUT2D eigenvalue weighted by atomic mass is 10.1. The summed E-state index contributed by atoms with van der Waals surface area (Å²) >= 11 is 0. The second-order valence-corrected chi connectivity index (χ2v) is 5.76. The van der Waals surface area contributed by atoms with Gasteiger partial charge in [0, 0.05) is 46.2 Å². The van der Waals surface area contributed by atoms with Gasteiger partial charge in [0.1, 0.15) is 0 Å². The molecular formula is C18H30IN5O2. The molecule has 0 aliphatic rings. The van der Waals surface area contributed by atoms with Crippen LogP contribution in [0.4, 0.5) is 0 Å². The zero-order valence-electron chi connectivity index (χ0n) is 16.0. The number of aliphatic imine (C=N–C) groups is 1. The van der Waals surface area contributed by atoms with Gasteiger partial charge in [-0.3, -0.25) is 14.6 Å². The summed E-state index contributed by atoms with van der Waals surface area (Å²) < 4.78 is 0. The molecule has 3 N–H and O–H groups in total. The number of hydrogen-bond acceptors (Lipinski definition) is 3. The summed E-state index contributed by atoms with van der Waals surface area (Å²) in [5, 5.41) is 9.03. The number of rotatable bonds is 8. The lowest BCUT2D eigenvalue weighted by Gasteiger charge is -2.12. The molecule has 7 nitrogen and oxygen atoms in total. The normalized spacial score (nSPS) is 10.5. The molecule has 0 heterocycles. The molecule has 0 saturated carbocycles. The van der Waals surface area contributed by atoms with Gasteiger partial charge in [0.2, 0.25) is 5.91 Å². The zero-order valence-corrected chi connectivity index (χ0v) is 18.3. The summed E-state index contributed by atoms with van der Waals surface area (Å²) in [7, 11) is 5.10. The van der Waals surface area contributed by atoms with Crippen LogP contribution in [0, 0.1) is 0 Å². The first kappa shape index (κ1) is 24.2. The average molecular weight is 475 g/mol. The third-order valence-electron chi connectivity index (χ3n) is 3.56. The summed E-state index contributed by atoms with van der Waals surface area (Å²) in [6.07, 6.45) is 1.16. The Labute approximate surface area is 173 Å². The van der Waals surface area contributed by atoms with Crippen molar-refractivity contribution in [3.05, 3.63) is 35.4 Å². The van der Waals surface area contributed by atoms with Crippen LogP contribution in [0.15, 0.2) is 29.3 Å². The molecule has 0 atom stereocenters. The van der Waals surface area contributed by atoms with Crippen molar-refractivity contribution < 1.29 is 9.59 Å². The molecule has 26 heavy (non-hydrogen) atoms. The van der Waals surface area contributed by atoms with Crippen LogP contribution in [0.25, 0.3) is 0 Å². The fourth-order valence-corrected chi connectivity index (χ4v) is 2.17. The lowest BCUT2D eigenvalue weighted by molar-refractivity contribution is -0.128. The second-order valence-electron chi connectivity index (χ2n) is 5.76. The van der Waals surface area contributed by atoms with Crippen LogP contribution < -0.4 is 16.0 Å². The molecule has 0 saturated heterocycles. The summed E-state index contributed by atoms with van der Waals surface area (Å²) in [4.78, 5) is 29.2. The first-order chi connectivity index (χ1) is 12.0. The van der Waals surface area contributed by atoms with Crippen LogP contribution in [0.2, 0.25) is 0 Å². The molecule has 0 aliphatic carbocycles. The van der Waals surface area contributed by atoms with Crippen LogP contribution in [-0.4, -0.2) is 63.5 Å². The van der Waals surface area contributed by atoms with Crippen molar-refractivity contribution >= 4 is 41.8 Å². The summed E-state index contributed by atoms with van der Waals surface area (Å²) in [5.74, 6) is 0.664. The minimum absolute atomic E-state index is 0. The number of hydrogen-bond donors (Lipinski definition) is 3. The predicted octanol–water partition coefficient (Wildman–Crippen LogP) is 1.24.